The van der Waals surface area contributed by atoms with Crippen LogP contribution in [0, 0.1) is 5.92 Å². The lowest BCUT2D eigenvalue weighted by Gasteiger charge is -2.29. The Balaban J connectivity index is 0.00000320. The van der Waals surface area contributed by atoms with Gasteiger partial charge in [0.1, 0.15) is 0 Å². The van der Waals surface area contributed by atoms with Crippen LogP contribution in [-0.2, 0) is 16.1 Å². The number of benzene rings is 1. The molecule has 7 heteroatoms. The number of aromatic nitrogens is 1. The number of halogens is 1. The molecule has 0 aliphatic heterocycles. The number of nitrogens with one attached hydrogen (secondary N) is 2. The van der Waals surface area contributed by atoms with Gasteiger partial charge in [-0.05, 0) is 56.4 Å². The lowest BCUT2D eigenvalue weighted by molar-refractivity contribution is -0.149. The summed E-state index contributed by atoms with van der Waals surface area (Å²) in [7, 11) is 1.78. The van der Waals surface area contributed by atoms with Crippen LogP contribution in [0.3, 0.4) is 0 Å². The third kappa shape index (κ3) is 6.97. The van der Waals surface area contributed by atoms with Crippen LogP contribution in [0.5, 0.6) is 0 Å². The van der Waals surface area contributed by atoms with E-state index in [1.807, 2.05) is 37.4 Å². The van der Waals surface area contributed by atoms with Crippen molar-refractivity contribution < 1.29 is 9.53 Å². The number of guanidine groups is 1. The maximum atomic E-state index is 11.9. The fourth-order valence-corrected chi connectivity index (χ4v) is 3.68. The number of ether oxygens (including phenoxy) is 1. The molecule has 1 heterocycles. The lowest BCUT2D eigenvalue weighted by Crippen LogP contribution is -2.45. The quantitative estimate of drug-likeness (QED) is 0.258. The largest absolute Gasteiger partial charge is 0.466 e. The third-order valence-corrected chi connectivity index (χ3v) is 5.26. The highest BCUT2D eigenvalue weighted by Crippen LogP contribution is 2.25. The average Bonchev–Trinajstić information content (AvgIpc) is 2.78. The smallest absolute Gasteiger partial charge is 0.308 e. The van der Waals surface area contributed by atoms with Gasteiger partial charge in [-0.1, -0.05) is 24.3 Å². The van der Waals surface area contributed by atoms with E-state index in [-0.39, 0.29) is 35.9 Å². The number of hydrogen-bond donors (Lipinski definition) is 2. The van der Waals surface area contributed by atoms with Crippen LogP contribution in [0.15, 0.2) is 53.7 Å². The number of pyridine rings is 1. The van der Waals surface area contributed by atoms with Crippen molar-refractivity contribution in [2.45, 2.75) is 45.2 Å². The summed E-state index contributed by atoms with van der Waals surface area (Å²) in [6.45, 7) is 2.99. The molecule has 0 amide bonds. The molecule has 1 saturated carbocycles. The second-order valence-electron chi connectivity index (χ2n) is 7.29. The molecule has 3 rings (SSSR count). The van der Waals surface area contributed by atoms with Crippen molar-refractivity contribution in [3.05, 3.63) is 54.2 Å². The second kappa shape index (κ2) is 12.5. The first kappa shape index (κ1) is 24.1. The van der Waals surface area contributed by atoms with E-state index in [9.17, 15) is 4.79 Å². The summed E-state index contributed by atoms with van der Waals surface area (Å²) in [5, 5.41) is 6.88. The van der Waals surface area contributed by atoms with Gasteiger partial charge in [0.2, 0.25) is 0 Å². The average molecular weight is 522 g/mol. The molecule has 0 saturated heterocycles. The van der Waals surface area contributed by atoms with E-state index in [1.54, 1.807) is 7.05 Å². The van der Waals surface area contributed by atoms with Crippen LogP contribution < -0.4 is 10.6 Å². The molecule has 30 heavy (non-hydrogen) atoms. The van der Waals surface area contributed by atoms with Crippen molar-refractivity contribution >= 4 is 35.9 Å². The SMILES string of the molecule is CCOC(=O)C1CCC(NC(=NC)NCc2cccc(-c3ccccn3)c2)CC1.I. The fourth-order valence-electron chi connectivity index (χ4n) is 3.68. The zero-order valence-electron chi connectivity index (χ0n) is 17.6. The molecular formula is C23H31IN4O2. The minimum Gasteiger partial charge on any atom is -0.466 e. The van der Waals surface area contributed by atoms with Crippen LogP contribution in [-0.4, -0.2) is 36.6 Å². The van der Waals surface area contributed by atoms with Gasteiger partial charge in [0.05, 0.1) is 18.2 Å². The van der Waals surface area contributed by atoms with Gasteiger partial charge in [0.15, 0.2) is 5.96 Å². The van der Waals surface area contributed by atoms with Crippen molar-refractivity contribution in [2.24, 2.45) is 10.9 Å². The number of aliphatic imine (C=N–C) groups is 1. The zero-order valence-corrected chi connectivity index (χ0v) is 20.0. The topological polar surface area (TPSA) is 75.6 Å². The second-order valence-corrected chi connectivity index (χ2v) is 7.29. The van der Waals surface area contributed by atoms with Crippen molar-refractivity contribution in [1.82, 2.24) is 15.6 Å². The highest BCUT2D eigenvalue weighted by Gasteiger charge is 2.27. The number of carbonyl (C=O) groups is 1. The van der Waals surface area contributed by atoms with E-state index in [2.05, 4.69) is 38.8 Å². The van der Waals surface area contributed by atoms with Gasteiger partial charge in [-0.15, -0.1) is 24.0 Å². The molecule has 1 aromatic carbocycles. The number of esters is 1. The van der Waals surface area contributed by atoms with Crippen LogP contribution in [0.4, 0.5) is 0 Å². The van der Waals surface area contributed by atoms with E-state index in [4.69, 9.17) is 4.74 Å². The monoisotopic (exact) mass is 522 g/mol. The summed E-state index contributed by atoms with van der Waals surface area (Å²) in [6, 6.07) is 14.6. The molecule has 0 unspecified atom stereocenters. The molecule has 2 aromatic rings. The minimum atomic E-state index is -0.0544. The van der Waals surface area contributed by atoms with Crippen LogP contribution in [0.25, 0.3) is 11.3 Å². The number of carbonyl (C=O) groups excluding carboxylic acids is 1. The van der Waals surface area contributed by atoms with Crippen LogP contribution in [0.1, 0.15) is 38.2 Å². The summed E-state index contributed by atoms with van der Waals surface area (Å²) in [6.07, 6.45) is 5.42. The standard InChI is InChI=1S/C23H30N4O2.HI/c1-3-29-22(28)18-10-12-20(13-11-18)27-23(24-2)26-16-17-7-6-8-19(15-17)21-9-4-5-14-25-21;/h4-9,14-15,18,20H,3,10-13,16H2,1-2H3,(H2,24,26,27);1H. The first-order valence-electron chi connectivity index (χ1n) is 10.3. The summed E-state index contributed by atoms with van der Waals surface area (Å²) in [4.78, 5) is 20.7. The molecule has 2 N–H and O–H groups in total. The Bertz CT molecular complexity index is 821. The first-order chi connectivity index (χ1) is 14.2. The minimum absolute atomic E-state index is 0. The van der Waals surface area contributed by atoms with E-state index in [0.29, 0.717) is 19.2 Å². The Morgan fingerprint density at radius 1 is 1.17 bits per heavy atom. The Morgan fingerprint density at radius 2 is 1.97 bits per heavy atom. The molecule has 1 aliphatic rings. The number of rotatable bonds is 6. The van der Waals surface area contributed by atoms with Crippen LogP contribution in [0.2, 0.25) is 0 Å². The van der Waals surface area contributed by atoms with Gasteiger partial charge in [-0.2, -0.15) is 0 Å². The van der Waals surface area contributed by atoms with E-state index in [1.165, 1.54) is 5.56 Å². The van der Waals surface area contributed by atoms with Gasteiger partial charge in [-0.3, -0.25) is 14.8 Å². The molecule has 0 spiro atoms. The summed E-state index contributed by atoms with van der Waals surface area (Å²) in [5.74, 6) is 0.770. The Kier molecular flexibility index (Phi) is 10.1. The van der Waals surface area contributed by atoms with Crippen molar-refractivity contribution in [3.63, 3.8) is 0 Å². The van der Waals surface area contributed by atoms with Gasteiger partial charge < -0.3 is 15.4 Å². The zero-order chi connectivity index (χ0) is 20.5. The number of hydrogen-bond acceptors (Lipinski definition) is 4. The molecular weight excluding hydrogens is 491 g/mol. The van der Waals surface area contributed by atoms with Crippen LogP contribution >= 0.6 is 24.0 Å². The van der Waals surface area contributed by atoms with Gasteiger partial charge in [0.25, 0.3) is 0 Å². The molecule has 1 aromatic heterocycles. The summed E-state index contributed by atoms with van der Waals surface area (Å²) < 4.78 is 5.15. The fraction of sp³-hybridized carbons (Fsp3) is 0.435. The predicted octanol–water partition coefficient (Wildman–Crippen LogP) is 4.15. The molecule has 1 fully saturated rings. The van der Waals surface area contributed by atoms with E-state index >= 15 is 0 Å². The number of nitrogens with zero attached hydrogens (tertiary/aromatic N) is 2. The molecule has 0 bridgehead atoms. The van der Waals surface area contributed by atoms with E-state index < -0.39 is 0 Å². The molecule has 162 valence electrons. The lowest BCUT2D eigenvalue weighted by atomic mass is 9.86. The molecule has 0 radical (unpaired) electrons. The maximum Gasteiger partial charge on any atom is 0.308 e. The first-order valence-corrected chi connectivity index (χ1v) is 10.3. The Morgan fingerprint density at radius 3 is 2.63 bits per heavy atom. The predicted molar refractivity (Wildman–Crippen MR) is 131 cm³/mol. The highest BCUT2D eigenvalue weighted by molar-refractivity contribution is 14.0. The maximum absolute atomic E-state index is 11.9. The van der Waals surface area contributed by atoms with Gasteiger partial charge >= 0.3 is 5.97 Å². The normalized spacial score (nSPS) is 18.8. The Labute approximate surface area is 195 Å². The molecule has 6 nitrogen and oxygen atoms in total. The van der Waals surface area contributed by atoms with Crippen molar-refractivity contribution in [2.75, 3.05) is 13.7 Å². The van der Waals surface area contributed by atoms with E-state index in [0.717, 1.165) is 42.9 Å². The van der Waals surface area contributed by atoms with Crippen molar-refractivity contribution in [1.29, 1.82) is 0 Å². The van der Waals surface area contributed by atoms with Gasteiger partial charge in [-0.25, -0.2) is 0 Å². The third-order valence-electron chi connectivity index (χ3n) is 5.26. The highest BCUT2D eigenvalue weighted by atomic mass is 127. The summed E-state index contributed by atoms with van der Waals surface area (Å²) in [5.41, 5.74) is 3.24. The molecule has 0 atom stereocenters. The molecule has 1 aliphatic carbocycles. The summed E-state index contributed by atoms with van der Waals surface area (Å²) >= 11 is 0. The van der Waals surface area contributed by atoms with Gasteiger partial charge in [0, 0.05) is 31.4 Å². The Hall–Kier alpha value is -2.16. The van der Waals surface area contributed by atoms with Crippen molar-refractivity contribution in [3.8, 4) is 11.3 Å².